The molecule has 1 saturated heterocycles. The number of fused-ring (bicyclic) bond motifs is 1. The first-order valence-electron chi connectivity index (χ1n) is 7.28. The molecule has 0 spiro atoms. The van der Waals surface area contributed by atoms with Crippen molar-refractivity contribution in [1.82, 2.24) is 4.90 Å². The molecule has 1 aliphatic rings. The molecule has 1 fully saturated rings. The van der Waals surface area contributed by atoms with Crippen molar-refractivity contribution < 1.29 is 9.15 Å². The lowest BCUT2D eigenvalue weighted by atomic mass is 9.98. The van der Waals surface area contributed by atoms with E-state index in [2.05, 4.69) is 17.0 Å². The van der Waals surface area contributed by atoms with Gasteiger partial charge in [0.05, 0.1) is 13.7 Å². The molecule has 20 heavy (non-hydrogen) atoms. The van der Waals surface area contributed by atoms with E-state index >= 15 is 0 Å². The summed E-state index contributed by atoms with van der Waals surface area (Å²) >= 11 is 0. The molecule has 2 N–H and O–H groups in total. The van der Waals surface area contributed by atoms with Crippen LogP contribution in [0.5, 0.6) is 5.75 Å². The number of benzene rings is 1. The van der Waals surface area contributed by atoms with Crippen LogP contribution in [-0.2, 0) is 6.54 Å². The second kappa shape index (κ2) is 5.85. The lowest BCUT2D eigenvalue weighted by Gasteiger charge is -2.31. The minimum absolute atomic E-state index is 0.627. The maximum atomic E-state index is 5.96. The van der Waals surface area contributed by atoms with Gasteiger partial charge in [-0.2, -0.15) is 0 Å². The van der Waals surface area contributed by atoms with Gasteiger partial charge in [0.15, 0.2) is 11.3 Å². The van der Waals surface area contributed by atoms with E-state index in [-0.39, 0.29) is 0 Å². The summed E-state index contributed by atoms with van der Waals surface area (Å²) in [5, 5.41) is 1.10. The van der Waals surface area contributed by atoms with Crippen LogP contribution in [0.3, 0.4) is 0 Å². The Bertz CT molecular complexity index is 579. The fourth-order valence-corrected chi connectivity index (χ4v) is 3.04. The fraction of sp³-hybridized carbons (Fsp3) is 0.500. The highest BCUT2D eigenvalue weighted by Crippen LogP contribution is 2.29. The maximum Gasteiger partial charge on any atom is 0.176 e. The SMILES string of the molecule is COc1cccc2cc(CN3CCCC(CN)C3)oc12. The second-order valence-corrected chi connectivity index (χ2v) is 5.57. The number of ether oxygens (including phenoxy) is 1. The molecule has 1 aliphatic heterocycles. The van der Waals surface area contributed by atoms with Crippen molar-refractivity contribution in [2.75, 3.05) is 26.7 Å². The number of methoxy groups -OCH3 is 1. The molecule has 0 aliphatic carbocycles. The normalized spacial score (nSPS) is 20.4. The number of para-hydroxylation sites is 1. The number of nitrogens with zero attached hydrogens (tertiary/aromatic N) is 1. The number of piperidine rings is 1. The third-order valence-corrected chi connectivity index (χ3v) is 4.09. The molecule has 0 radical (unpaired) electrons. The average Bonchev–Trinajstić information content (AvgIpc) is 2.89. The number of nitrogens with two attached hydrogens (primary N) is 1. The largest absolute Gasteiger partial charge is 0.493 e. The zero-order chi connectivity index (χ0) is 13.9. The van der Waals surface area contributed by atoms with Gasteiger partial charge in [-0.1, -0.05) is 12.1 Å². The van der Waals surface area contributed by atoms with E-state index in [1.54, 1.807) is 7.11 Å². The van der Waals surface area contributed by atoms with Crippen LogP contribution in [-0.4, -0.2) is 31.6 Å². The first kappa shape index (κ1) is 13.5. The minimum atomic E-state index is 0.627. The van der Waals surface area contributed by atoms with E-state index in [1.807, 2.05) is 12.1 Å². The molecule has 1 aromatic carbocycles. The quantitative estimate of drug-likeness (QED) is 0.931. The Morgan fingerprint density at radius 3 is 3.15 bits per heavy atom. The minimum Gasteiger partial charge on any atom is -0.493 e. The van der Waals surface area contributed by atoms with Crippen LogP contribution in [0.4, 0.5) is 0 Å². The second-order valence-electron chi connectivity index (χ2n) is 5.57. The predicted octanol–water partition coefficient (Wildman–Crippen LogP) is 2.61. The Balaban J connectivity index is 1.77. The Morgan fingerprint density at radius 2 is 2.35 bits per heavy atom. The van der Waals surface area contributed by atoms with Gasteiger partial charge in [0, 0.05) is 11.9 Å². The molecule has 0 bridgehead atoms. The van der Waals surface area contributed by atoms with E-state index in [4.69, 9.17) is 14.9 Å². The van der Waals surface area contributed by atoms with Gasteiger partial charge in [0.1, 0.15) is 5.76 Å². The third kappa shape index (κ3) is 2.67. The summed E-state index contributed by atoms with van der Waals surface area (Å²) in [6.45, 7) is 3.84. The smallest absolute Gasteiger partial charge is 0.176 e. The van der Waals surface area contributed by atoms with E-state index < -0.39 is 0 Å². The highest BCUT2D eigenvalue weighted by molar-refractivity contribution is 5.83. The zero-order valence-electron chi connectivity index (χ0n) is 12.0. The molecule has 1 unspecified atom stereocenters. The Labute approximate surface area is 119 Å². The van der Waals surface area contributed by atoms with Crippen molar-refractivity contribution in [3.05, 3.63) is 30.0 Å². The Kier molecular flexibility index (Phi) is 3.94. The summed E-state index contributed by atoms with van der Waals surface area (Å²) in [5.74, 6) is 2.43. The molecule has 4 nitrogen and oxygen atoms in total. The molecule has 3 rings (SSSR count). The summed E-state index contributed by atoms with van der Waals surface area (Å²) in [6, 6.07) is 8.10. The van der Waals surface area contributed by atoms with Gasteiger partial charge in [-0.3, -0.25) is 4.90 Å². The number of hydrogen-bond donors (Lipinski definition) is 1. The predicted molar refractivity (Wildman–Crippen MR) is 79.8 cm³/mol. The van der Waals surface area contributed by atoms with Gasteiger partial charge in [-0.05, 0) is 44.0 Å². The van der Waals surface area contributed by atoms with Crippen LogP contribution in [0.15, 0.2) is 28.7 Å². The van der Waals surface area contributed by atoms with Gasteiger partial charge >= 0.3 is 0 Å². The summed E-state index contributed by atoms with van der Waals surface area (Å²) < 4.78 is 11.3. The number of rotatable bonds is 4. The molecule has 1 aromatic heterocycles. The first-order chi connectivity index (χ1) is 9.80. The zero-order valence-corrected chi connectivity index (χ0v) is 12.0. The summed E-state index contributed by atoms with van der Waals surface area (Å²) in [6.07, 6.45) is 2.48. The number of hydrogen-bond acceptors (Lipinski definition) is 4. The highest BCUT2D eigenvalue weighted by Gasteiger charge is 2.20. The Morgan fingerprint density at radius 1 is 1.45 bits per heavy atom. The molecule has 2 heterocycles. The van der Waals surface area contributed by atoms with Crippen LogP contribution in [0.25, 0.3) is 11.0 Å². The van der Waals surface area contributed by atoms with E-state index in [0.717, 1.165) is 48.7 Å². The fourth-order valence-electron chi connectivity index (χ4n) is 3.04. The third-order valence-electron chi connectivity index (χ3n) is 4.09. The highest BCUT2D eigenvalue weighted by atomic mass is 16.5. The van der Waals surface area contributed by atoms with E-state index in [0.29, 0.717) is 5.92 Å². The molecular weight excluding hydrogens is 252 g/mol. The molecular formula is C16H22N2O2. The van der Waals surface area contributed by atoms with Gasteiger partial charge in [0.2, 0.25) is 0 Å². The van der Waals surface area contributed by atoms with Crippen molar-refractivity contribution in [2.24, 2.45) is 11.7 Å². The van der Waals surface area contributed by atoms with Crippen molar-refractivity contribution >= 4 is 11.0 Å². The van der Waals surface area contributed by atoms with Crippen molar-refractivity contribution in [2.45, 2.75) is 19.4 Å². The van der Waals surface area contributed by atoms with Gasteiger partial charge < -0.3 is 14.9 Å². The molecule has 0 saturated carbocycles. The van der Waals surface area contributed by atoms with Crippen LogP contribution < -0.4 is 10.5 Å². The van der Waals surface area contributed by atoms with E-state index in [1.165, 1.54) is 12.8 Å². The first-order valence-corrected chi connectivity index (χ1v) is 7.28. The summed E-state index contributed by atoms with van der Waals surface area (Å²) in [7, 11) is 1.67. The topological polar surface area (TPSA) is 51.6 Å². The van der Waals surface area contributed by atoms with E-state index in [9.17, 15) is 0 Å². The number of furan rings is 1. The molecule has 4 heteroatoms. The van der Waals surface area contributed by atoms with Crippen molar-refractivity contribution in [3.8, 4) is 5.75 Å². The molecule has 108 valence electrons. The summed E-state index contributed by atoms with van der Waals surface area (Å²) in [4.78, 5) is 2.44. The number of likely N-dealkylation sites (tertiary alicyclic amines) is 1. The molecule has 0 amide bonds. The standard InChI is InChI=1S/C16H22N2O2/c1-19-15-6-2-5-13-8-14(20-16(13)15)11-18-7-3-4-12(9-17)10-18/h2,5-6,8,12H,3-4,7,9-11,17H2,1H3. The Hall–Kier alpha value is -1.52. The molecule has 1 atom stereocenters. The van der Waals surface area contributed by atoms with Crippen molar-refractivity contribution in [3.63, 3.8) is 0 Å². The van der Waals surface area contributed by atoms with Crippen LogP contribution in [0, 0.1) is 5.92 Å². The van der Waals surface area contributed by atoms with Crippen molar-refractivity contribution in [1.29, 1.82) is 0 Å². The average molecular weight is 274 g/mol. The van der Waals surface area contributed by atoms with Crippen LogP contribution >= 0.6 is 0 Å². The van der Waals surface area contributed by atoms with Crippen LogP contribution in [0.2, 0.25) is 0 Å². The lowest BCUT2D eigenvalue weighted by Crippen LogP contribution is -2.37. The van der Waals surface area contributed by atoms with Gasteiger partial charge in [0.25, 0.3) is 0 Å². The molecule has 2 aromatic rings. The lowest BCUT2D eigenvalue weighted by molar-refractivity contribution is 0.161. The van der Waals surface area contributed by atoms with Gasteiger partial charge in [-0.15, -0.1) is 0 Å². The monoisotopic (exact) mass is 274 g/mol. The summed E-state index contributed by atoms with van der Waals surface area (Å²) in [5.41, 5.74) is 6.64. The maximum absolute atomic E-state index is 5.96. The van der Waals surface area contributed by atoms with Gasteiger partial charge in [-0.25, -0.2) is 0 Å². The van der Waals surface area contributed by atoms with Crippen LogP contribution in [0.1, 0.15) is 18.6 Å².